The predicted octanol–water partition coefficient (Wildman–Crippen LogP) is 2.68. The summed E-state index contributed by atoms with van der Waals surface area (Å²) in [5.41, 5.74) is 4.77. The van der Waals surface area contributed by atoms with E-state index in [1.165, 1.54) is 19.3 Å². The number of halogens is 1. The predicted molar refractivity (Wildman–Crippen MR) is 65.5 cm³/mol. The van der Waals surface area contributed by atoms with Crippen LogP contribution >= 0.6 is 0 Å². The highest BCUT2D eigenvalue weighted by Gasteiger charge is 2.55. The molecule has 0 aromatic heterocycles. The third-order valence-electron chi connectivity index (χ3n) is 4.58. The smallest absolute Gasteiger partial charge is 0.126 e. The molecule has 0 spiro atoms. The summed E-state index contributed by atoms with van der Waals surface area (Å²) in [6, 6.07) is 5.53. The lowest BCUT2D eigenvalue weighted by atomic mass is 9.96. The van der Waals surface area contributed by atoms with Crippen molar-refractivity contribution in [3.05, 3.63) is 35.1 Å². The van der Waals surface area contributed by atoms with Crippen LogP contribution in [0, 0.1) is 30.5 Å². The van der Waals surface area contributed by atoms with Crippen LogP contribution in [0.2, 0.25) is 0 Å². The minimum absolute atomic E-state index is 0.138. The minimum atomic E-state index is -0.138. The number of hydrogen-bond acceptors (Lipinski definition) is 2. The topological polar surface area (TPSA) is 38.0 Å². The van der Waals surface area contributed by atoms with Crippen LogP contribution in [0.5, 0.6) is 0 Å². The van der Waals surface area contributed by atoms with Crippen molar-refractivity contribution in [2.24, 2.45) is 23.6 Å². The summed E-state index contributed by atoms with van der Waals surface area (Å²) in [7, 11) is 0. The molecule has 0 aliphatic heterocycles. The molecule has 2 saturated carbocycles. The van der Waals surface area contributed by atoms with Crippen LogP contribution in [-0.2, 0) is 0 Å². The van der Waals surface area contributed by atoms with Gasteiger partial charge in [-0.05, 0) is 54.7 Å². The maximum absolute atomic E-state index is 13.3. The Hall–Kier alpha value is -0.930. The standard InChI is InChI=1S/C14H19FN2/c1-8-7-9(5-6-12(8)15)14(17-16)13-10-3-2-4-11(10)13/h5-7,10-11,13-14,17H,2-4,16H2,1H3. The Morgan fingerprint density at radius 2 is 2.06 bits per heavy atom. The van der Waals surface area contributed by atoms with Crippen LogP contribution < -0.4 is 11.3 Å². The summed E-state index contributed by atoms with van der Waals surface area (Å²) >= 11 is 0. The van der Waals surface area contributed by atoms with Crippen LogP contribution in [0.1, 0.15) is 36.4 Å². The van der Waals surface area contributed by atoms with Crippen molar-refractivity contribution in [3.8, 4) is 0 Å². The fourth-order valence-corrected chi connectivity index (χ4v) is 3.66. The van der Waals surface area contributed by atoms with Crippen molar-refractivity contribution >= 4 is 0 Å². The molecule has 2 nitrogen and oxygen atoms in total. The number of hydrazine groups is 1. The van der Waals surface area contributed by atoms with Gasteiger partial charge >= 0.3 is 0 Å². The molecule has 3 unspecified atom stereocenters. The first kappa shape index (κ1) is 11.2. The second kappa shape index (κ2) is 4.07. The average Bonchev–Trinajstić information content (AvgIpc) is 2.79. The highest BCUT2D eigenvalue weighted by Crippen LogP contribution is 2.62. The first-order chi connectivity index (χ1) is 8.22. The van der Waals surface area contributed by atoms with Gasteiger partial charge in [0.25, 0.3) is 0 Å². The van der Waals surface area contributed by atoms with E-state index >= 15 is 0 Å². The third-order valence-corrected chi connectivity index (χ3v) is 4.58. The van der Waals surface area contributed by atoms with Crippen LogP contribution in [0.4, 0.5) is 4.39 Å². The van der Waals surface area contributed by atoms with E-state index in [9.17, 15) is 4.39 Å². The van der Waals surface area contributed by atoms with Crippen molar-refractivity contribution in [1.29, 1.82) is 0 Å². The van der Waals surface area contributed by atoms with Gasteiger partial charge in [-0.1, -0.05) is 18.6 Å². The van der Waals surface area contributed by atoms with Gasteiger partial charge < -0.3 is 0 Å². The Bertz CT molecular complexity index is 422. The molecule has 0 bridgehead atoms. The third kappa shape index (κ3) is 1.78. The lowest BCUT2D eigenvalue weighted by molar-refractivity contribution is 0.424. The van der Waals surface area contributed by atoms with Gasteiger partial charge in [-0.15, -0.1) is 0 Å². The maximum atomic E-state index is 13.3. The summed E-state index contributed by atoms with van der Waals surface area (Å²) in [4.78, 5) is 0. The van der Waals surface area contributed by atoms with E-state index < -0.39 is 0 Å². The van der Waals surface area contributed by atoms with E-state index in [0.29, 0.717) is 11.5 Å². The molecule has 1 aromatic carbocycles. The summed E-state index contributed by atoms with van der Waals surface area (Å²) in [6.07, 6.45) is 4.05. The molecular formula is C14H19FN2. The van der Waals surface area contributed by atoms with E-state index in [4.69, 9.17) is 5.84 Å². The van der Waals surface area contributed by atoms with Gasteiger partial charge in [0.1, 0.15) is 5.82 Å². The van der Waals surface area contributed by atoms with Gasteiger partial charge in [0.15, 0.2) is 0 Å². The van der Waals surface area contributed by atoms with Crippen LogP contribution in [0.3, 0.4) is 0 Å². The molecule has 2 aliphatic carbocycles. The van der Waals surface area contributed by atoms with Crippen LogP contribution in [-0.4, -0.2) is 0 Å². The molecule has 3 atom stereocenters. The molecular weight excluding hydrogens is 215 g/mol. The van der Waals surface area contributed by atoms with E-state index in [1.54, 1.807) is 13.0 Å². The molecule has 0 amide bonds. The highest BCUT2D eigenvalue weighted by molar-refractivity contribution is 5.29. The zero-order valence-corrected chi connectivity index (χ0v) is 10.1. The monoisotopic (exact) mass is 234 g/mol. The molecule has 3 heteroatoms. The van der Waals surface area contributed by atoms with Gasteiger partial charge in [-0.25, -0.2) is 4.39 Å². The molecule has 17 heavy (non-hydrogen) atoms. The second-order valence-electron chi connectivity index (χ2n) is 5.49. The SMILES string of the molecule is Cc1cc(C(NN)C2C3CCCC32)ccc1F. The van der Waals surface area contributed by atoms with Gasteiger partial charge in [0.05, 0.1) is 0 Å². The molecule has 92 valence electrons. The van der Waals surface area contributed by atoms with Crippen molar-refractivity contribution in [2.45, 2.75) is 32.2 Å². The lowest BCUT2D eigenvalue weighted by Crippen LogP contribution is -2.30. The number of aryl methyl sites for hydroxylation is 1. The minimum Gasteiger partial charge on any atom is -0.271 e. The Balaban J connectivity index is 1.83. The molecule has 0 saturated heterocycles. The zero-order valence-electron chi connectivity index (χ0n) is 10.1. The number of rotatable bonds is 3. The van der Waals surface area contributed by atoms with Crippen LogP contribution in [0.25, 0.3) is 0 Å². The summed E-state index contributed by atoms with van der Waals surface area (Å²) in [5, 5.41) is 0. The molecule has 0 radical (unpaired) electrons. The number of benzene rings is 1. The quantitative estimate of drug-likeness (QED) is 0.623. The molecule has 3 N–H and O–H groups in total. The summed E-state index contributed by atoms with van der Waals surface area (Å²) < 4.78 is 13.3. The first-order valence-electron chi connectivity index (χ1n) is 6.44. The zero-order chi connectivity index (χ0) is 12.0. The van der Waals surface area contributed by atoms with Crippen molar-refractivity contribution in [2.75, 3.05) is 0 Å². The van der Waals surface area contributed by atoms with E-state index in [-0.39, 0.29) is 11.9 Å². The molecule has 2 aliphatic rings. The van der Waals surface area contributed by atoms with Gasteiger partial charge in [0, 0.05) is 6.04 Å². The number of nitrogens with one attached hydrogen (secondary N) is 1. The van der Waals surface area contributed by atoms with Crippen LogP contribution in [0.15, 0.2) is 18.2 Å². The molecule has 3 rings (SSSR count). The Morgan fingerprint density at radius 3 is 2.65 bits per heavy atom. The lowest BCUT2D eigenvalue weighted by Gasteiger charge is -2.19. The summed E-state index contributed by atoms with van der Waals surface area (Å²) in [5.74, 6) is 7.92. The number of nitrogens with two attached hydrogens (primary N) is 1. The average molecular weight is 234 g/mol. The maximum Gasteiger partial charge on any atom is 0.126 e. The number of hydrogen-bond donors (Lipinski definition) is 2. The molecule has 1 aromatic rings. The van der Waals surface area contributed by atoms with Crippen molar-refractivity contribution < 1.29 is 4.39 Å². The Labute approximate surface area is 101 Å². The van der Waals surface area contributed by atoms with E-state index in [1.807, 2.05) is 12.1 Å². The Kier molecular flexibility index (Phi) is 2.68. The van der Waals surface area contributed by atoms with Crippen molar-refractivity contribution in [3.63, 3.8) is 0 Å². The molecule has 2 fully saturated rings. The van der Waals surface area contributed by atoms with Gasteiger partial charge in [-0.3, -0.25) is 11.3 Å². The van der Waals surface area contributed by atoms with Gasteiger partial charge in [0.2, 0.25) is 0 Å². The van der Waals surface area contributed by atoms with E-state index in [2.05, 4.69) is 5.43 Å². The number of fused-ring (bicyclic) bond motifs is 1. The van der Waals surface area contributed by atoms with Gasteiger partial charge in [-0.2, -0.15) is 0 Å². The summed E-state index contributed by atoms with van der Waals surface area (Å²) in [6.45, 7) is 1.81. The fraction of sp³-hybridized carbons (Fsp3) is 0.571. The second-order valence-corrected chi connectivity index (χ2v) is 5.49. The normalized spacial score (nSPS) is 32.3. The largest absolute Gasteiger partial charge is 0.271 e. The first-order valence-corrected chi connectivity index (χ1v) is 6.44. The highest BCUT2D eigenvalue weighted by atomic mass is 19.1. The Morgan fingerprint density at radius 1 is 1.35 bits per heavy atom. The molecule has 0 heterocycles. The fourth-order valence-electron chi connectivity index (χ4n) is 3.66. The van der Waals surface area contributed by atoms with Crippen molar-refractivity contribution in [1.82, 2.24) is 5.43 Å². The van der Waals surface area contributed by atoms with E-state index in [0.717, 1.165) is 17.4 Å².